The predicted octanol–water partition coefficient (Wildman–Crippen LogP) is 1.51. The van der Waals surface area contributed by atoms with E-state index in [2.05, 4.69) is 30.2 Å². The highest BCUT2D eigenvalue weighted by Crippen LogP contribution is 2.25. The average Bonchev–Trinajstić information content (AvgIpc) is 3.21. The maximum Gasteiger partial charge on any atom is 0.254 e. The van der Waals surface area contributed by atoms with Gasteiger partial charge in [0.1, 0.15) is 17.4 Å². The summed E-state index contributed by atoms with van der Waals surface area (Å²) in [4.78, 5) is 32.4. The molecule has 0 aliphatic carbocycles. The van der Waals surface area contributed by atoms with E-state index in [4.69, 9.17) is 11.5 Å². The second-order valence-corrected chi connectivity index (χ2v) is 6.60. The number of hydrogen-bond acceptors (Lipinski definition) is 9. The van der Waals surface area contributed by atoms with Gasteiger partial charge in [0, 0.05) is 11.9 Å². The number of benzene rings is 1. The van der Waals surface area contributed by atoms with Crippen molar-refractivity contribution in [3.63, 3.8) is 0 Å². The monoisotopic (exact) mass is 398 g/mol. The van der Waals surface area contributed by atoms with E-state index in [1.165, 1.54) is 17.7 Å². The van der Waals surface area contributed by atoms with E-state index in [-0.39, 0.29) is 17.3 Å². The van der Waals surface area contributed by atoms with Crippen LogP contribution in [0.2, 0.25) is 0 Å². The number of rotatable bonds is 8. The molecular formula is C17H18N8O2S. The maximum absolute atomic E-state index is 11.7. The van der Waals surface area contributed by atoms with E-state index in [0.29, 0.717) is 12.1 Å². The number of nitrogens with zero attached hydrogens (tertiary/aromatic N) is 4. The Morgan fingerprint density at radius 1 is 1.18 bits per heavy atom. The first kappa shape index (κ1) is 19.2. The van der Waals surface area contributed by atoms with Gasteiger partial charge in [-0.1, -0.05) is 23.5 Å². The molecule has 1 unspecified atom stereocenters. The lowest BCUT2D eigenvalue weighted by Gasteiger charge is -2.15. The zero-order valence-corrected chi connectivity index (χ0v) is 15.7. The van der Waals surface area contributed by atoms with Crippen LogP contribution in [0.15, 0.2) is 36.7 Å². The number of carbonyl (C=O) groups excluding carboxylic acids is 2. The molecular weight excluding hydrogens is 380 g/mol. The number of nitrogens with two attached hydrogens (primary N) is 2. The Labute approximate surface area is 164 Å². The smallest absolute Gasteiger partial charge is 0.254 e. The summed E-state index contributed by atoms with van der Waals surface area (Å²) in [6.45, 7) is 1.81. The molecule has 0 fully saturated rings. The van der Waals surface area contributed by atoms with Gasteiger partial charge < -0.3 is 22.1 Å². The van der Waals surface area contributed by atoms with Crippen LogP contribution in [-0.2, 0) is 4.79 Å². The molecule has 0 aliphatic rings. The minimum absolute atomic E-state index is 0.119. The van der Waals surface area contributed by atoms with Crippen LogP contribution in [0.5, 0.6) is 0 Å². The number of anilines is 3. The normalized spacial score (nSPS) is 11.6. The Kier molecular flexibility index (Phi) is 5.75. The average molecular weight is 398 g/mol. The van der Waals surface area contributed by atoms with Gasteiger partial charge in [0.05, 0.1) is 11.1 Å². The zero-order valence-electron chi connectivity index (χ0n) is 14.9. The third-order valence-electron chi connectivity index (χ3n) is 3.90. The third kappa shape index (κ3) is 4.38. The SMILES string of the molecule is CCC(Nc1ncc(C(N)=O)c(Nc2ccc(-c3cnns3)cc2)n1)C(N)=O. The van der Waals surface area contributed by atoms with Gasteiger partial charge in [0.15, 0.2) is 0 Å². The second-order valence-electron chi connectivity index (χ2n) is 5.81. The lowest BCUT2D eigenvalue weighted by molar-refractivity contribution is -0.118. The van der Waals surface area contributed by atoms with Gasteiger partial charge in [-0.2, -0.15) is 4.98 Å². The van der Waals surface area contributed by atoms with Gasteiger partial charge in [-0.3, -0.25) is 9.59 Å². The summed E-state index contributed by atoms with van der Waals surface area (Å²) >= 11 is 1.29. The maximum atomic E-state index is 11.7. The number of aromatic nitrogens is 4. The van der Waals surface area contributed by atoms with E-state index in [1.54, 1.807) is 13.1 Å². The van der Waals surface area contributed by atoms with Crippen LogP contribution in [0.1, 0.15) is 23.7 Å². The van der Waals surface area contributed by atoms with Crippen molar-refractivity contribution < 1.29 is 9.59 Å². The molecule has 2 aromatic heterocycles. The molecule has 0 spiro atoms. The molecule has 144 valence electrons. The van der Waals surface area contributed by atoms with Crippen molar-refractivity contribution in [2.75, 3.05) is 10.6 Å². The van der Waals surface area contributed by atoms with E-state index < -0.39 is 17.9 Å². The molecule has 0 saturated carbocycles. The van der Waals surface area contributed by atoms with Crippen LogP contribution in [-0.4, -0.2) is 37.4 Å². The minimum atomic E-state index is -0.677. The largest absolute Gasteiger partial charge is 0.368 e. The van der Waals surface area contributed by atoms with Gasteiger partial charge >= 0.3 is 0 Å². The predicted molar refractivity (Wildman–Crippen MR) is 106 cm³/mol. The summed E-state index contributed by atoms with van der Waals surface area (Å²) in [5, 5.41) is 9.72. The first-order valence-corrected chi connectivity index (χ1v) is 9.12. The standard InChI is InChI=1S/C17H18N8O2S/c1-2-12(15(19)27)23-17-20-7-11(14(18)26)16(24-17)22-10-5-3-9(4-6-10)13-8-21-25-28-13/h3-8,12H,2H2,1H3,(H2,18,26)(H2,19,27)(H2,20,22,23,24). The van der Waals surface area contributed by atoms with E-state index in [0.717, 1.165) is 10.4 Å². The number of hydrogen-bond donors (Lipinski definition) is 4. The number of primary amides is 2. The topological polar surface area (TPSA) is 162 Å². The highest BCUT2D eigenvalue weighted by molar-refractivity contribution is 7.09. The molecule has 1 aromatic carbocycles. The van der Waals surface area contributed by atoms with E-state index in [9.17, 15) is 9.59 Å². The van der Waals surface area contributed by atoms with Crippen molar-refractivity contribution in [1.82, 2.24) is 19.6 Å². The van der Waals surface area contributed by atoms with Crippen LogP contribution < -0.4 is 22.1 Å². The fraction of sp³-hybridized carbons (Fsp3) is 0.176. The molecule has 10 nitrogen and oxygen atoms in total. The molecule has 11 heteroatoms. The molecule has 2 heterocycles. The highest BCUT2D eigenvalue weighted by Gasteiger charge is 2.17. The van der Waals surface area contributed by atoms with Crippen molar-refractivity contribution in [2.45, 2.75) is 19.4 Å². The summed E-state index contributed by atoms with van der Waals surface area (Å²) < 4.78 is 3.84. The molecule has 6 N–H and O–H groups in total. The van der Waals surface area contributed by atoms with Crippen LogP contribution in [0, 0.1) is 0 Å². The van der Waals surface area contributed by atoms with Crippen LogP contribution in [0.3, 0.4) is 0 Å². The van der Waals surface area contributed by atoms with Gasteiger partial charge in [-0.05, 0) is 35.6 Å². The van der Waals surface area contributed by atoms with Crippen LogP contribution >= 0.6 is 11.5 Å². The molecule has 28 heavy (non-hydrogen) atoms. The zero-order chi connectivity index (χ0) is 20.1. The van der Waals surface area contributed by atoms with Crippen molar-refractivity contribution in [1.29, 1.82) is 0 Å². The lowest BCUT2D eigenvalue weighted by Crippen LogP contribution is -2.35. The first-order chi connectivity index (χ1) is 13.5. The molecule has 1 atom stereocenters. The molecule has 0 aliphatic heterocycles. The van der Waals surface area contributed by atoms with E-state index in [1.807, 2.05) is 24.3 Å². The Hall–Kier alpha value is -3.60. The Balaban J connectivity index is 1.85. The molecule has 3 rings (SSSR count). The molecule has 0 saturated heterocycles. The molecule has 0 bridgehead atoms. The molecule has 0 radical (unpaired) electrons. The molecule has 3 aromatic rings. The first-order valence-electron chi connectivity index (χ1n) is 8.35. The van der Waals surface area contributed by atoms with Crippen molar-refractivity contribution in [3.8, 4) is 10.4 Å². The fourth-order valence-corrected chi connectivity index (χ4v) is 2.92. The summed E-state index contributed by atoms with van der Waals surface area (Å²) in [6, 6.07) is 6.81. The van der Waals surface area contributed by atoms with Gasteiger partial charge in [0.25, 0.3) is 5.91 Å². The van der Waals surface area contributed by atoms with E-state index >= 15 is 0 Å². The quantitative estimate of drug-likeness (QED) is 0.444. The summed E-state index contributed by atoms with van der Waals surface area (Å²) in [5.41, 5.74) is 12.5. The third-order valence-corrected chi connectivity index (χ3v) is 4.62. The Morgan fingerprint density at radius 3 is 2.50 bits per heavy atom. The van der Waals surface area contributed by atoms with Crippen molar-refractivity contribution in [2.24, 2.45) is 11.5 Å². The van der Waals surface area contributed by atoms with Gasteiger partial charge in [0.2, 0.25) is 11.9 Å². The van der Waals surface area contributed by atoms with Crippen molar-refractivity contribution >= 4 is 40.8 Å². The number of nitrogens with one attached hydrogen (secondary N) is 2. The molecule has 2 amide bonds. The lowest BCUT2D eigenvalue weighted by atomic mass is 10.2. The van der Waals surface area contributed by atoms with Crippen LogP contribution in [0.25, 0.3) is 10.4 Å². The van der Waals surface area contributed by atoms with Crippen LogP contribution in [0.4, 0.5) is 17.5 Å². The summed E-state index contributed by atoms with van der Waals surface area (Å²) in [5.74, 6) is -0.821. The summed E-state index contributed by atoms with van der Waals surface area (Å²) in [6.07, 6.45) is 3.45. The Bertz CT molecular complexity index is 975. The van der Waals surface area contributed by atoms with Gasteiger partial charge in [-0.25, -0.2) is 4.98 Å². The fourth-order valence-electron chi connectivity index (χ4n) is 2.41. The van der Waals surface area contributed by atoms with Crippen molar-refractivity contribution in [3.05, 3.63) is 42.2 Å². The minimum Gasteiger partial charge on any atom is -0.368 e. The van der Waals surface area contributed by atoms with Gasteiger partial charge in [-0.15, -0.1) is 5.10 Å². The number of amides is 2. The number of carbonyl (C=O) groups is 2. The summed E-state index contributed by atoms with van der Waals surface area (Å²) in [7, 11) is 0. The Morgan fingerprint density at radius 2 is 1.93 bits per heavy atom. The highest BCUT2D eigenvalue weighted by atomic mass is 32.1. The second kappa shape index (κ2) is 8.39.